The summed E-state index contributed by atoms with van der Waals surface area (Å²) in [6.07, 6.45) is 1.85. The third kappa shape index (κ3) is 4.40. The van der Waals surface area contributed by atoms with E-state index in [4.69, 9.17) is 5.11 Å². The molecule has 11 heavy (non-hydrogen) atoms. The van der Waals surface area contributed by atoms with Gasteiger partial charge in [0.15, 0.2) is 0 Å². The topological polar surface area (TPSA) is 20.2 Å². The molecule has 1 aromatic rings. The summed E-state index contributed by atoms with van der Waals surface area (Å²) in [6, 6.07) is 10.2. The number of aliphatic hydroxyl groups excluding tert-OH is 1. The predicted octanol–water partition coefficient (Wildman–Crippen LogP) is 1.46. The van der Waals surface area contributed by atoms with Crippen molar-refractivity contribution >= 4 is 23.1 Å². The zero-order chi connectivity index (χ0) is 7.23. The monoisotopic (exact) mass is 162 g/mol. The van der Waals surface area contributed by atoms with Crippen molar-refractivity contribution in [1.29, 1.82) is 0 Å². The quantitative estimate of drug-likeness (QED) is 0.667. The van der Waals surface area contributed by atoms with E-state index in [0.717, 1.165) is 12.8 Å². The molecule has 0 radical (unpaired) electrons. The number of rotatable bonds is 3. The smallest absolute Gasteiger partial charge is 1.00 e. The van der Waals surface area contributed by atoms with Gasteiger partial charge < -0.3 is 7.96 Å². The first kappa shape index (κ1) is 10.9. The summed E-state index contributed by atoms with van der Waals surface area (Å²) < 4.78 is 0. The summed E-state index contributed by atoms with van der Waals surface area (Å²) in [5, 5.41) is 8.53. The zero-order valence-electron chi connectivity index (χ0n) is 8.66. The van der Waals surface area contributed by atoms with Crippen molar-refractivity contribution in [2.75, 3.05) is 6.61 Å². The molecule has 0 aliphatic rings. The number of hydrogen-bond acceptors (Lipinski definition) is 1. The van der Waals surface area contributed by atoms with E-state index in [9.17, 15) is 0 Å². The van der Waals surface area contributed by atoms with Crippen LogP contribution in [-0.4, -0.2) is 34.8 Å². The van der Waals surface area contributed by atoms with E-state index < -0.39 is 0 Å². The Balaban J connectivity index is -0.000000333. The van der Waals surface area contributed by atoms with Gasteiger partial charge in [-0.15, -0.1) is 0 Å². The van der Waals surface area contributed by atoms with Crippen LogP contribution in [0, 0.1) is 0 Å². The maximum absolute atomic E-state index is 8.53. The second-order valence-electron chi connectivity index (χ2n) is 2.31. The van der Waals surface area contributed by atoms with Crippen molar-refractivity contribution < 1.29 is 7.96 Å². The summed E-state index contributed by atoms with van der Waals surface area (Å²) in [4.78, 5) is 0. The Morgan fingerprint density at radius 3 is 2.36 bits per heavy atom. The summed E-state index contributed by atoms with van der Waals surface area (Å²) in [5.41, 5.74) is 1.30. The molecular weight excluding hydrogens is 148 g/mol. The van der Waals surface area contributed by atoms with Gasteiger partial charge in [-0.05, 0) is 18.4 Å². The van der Waals surface area contributed by atoms with Crippen LogP contribution in [0.4, 0.5) is 0 Å². The van der Waals surface area contributed by atoms with Gasteiger partial charge in [-0.1, -0.05) is 30.3 Å². The molecule has 0 unspecified atom stereocenters. The van der Waals surface area contributed by atoms with Gasteiger partial charge in [0.25, 0.3) is 0 Å². The molecule has 0 atom stereocenters. The van der Waals surface area contributed by atoms with E-state index in [1.165, 1.54) is 5.56 Å². The number of aliphatic hydroxyl groups is 1. The minimum atomic E-state index is 0. The fourth-order valence-corrected chi connectivity index (χ4v) is 0.928. The Hall–Kier alpha value is -0.0538. The van der Waals surface area contributed by atoms with Gasteiger partial charge in [-0.25, -0.2) is 0 Å². The first-order valence-electron chi connectivity index (χ1n) is 3.58. The first-order valence-corrected chi connectivity index (χ1v) is 3.58. The minimum Gasteiger partial charge on any atom is -1.00 e. The van der Waals surface area contributed by atoms with Crippen molar-refractivity contribution in [3.8, 4) is 0 Å². The molecule has 0 amide bonds. The Labute approximate surface area is 86.6 Å². The SMILES string of the molecule is OCCCc1ccccc1.[H-].[H-].[Mg+2]. The standard InChI is InChI=1S/C9H12O.Mg.2H/c10-8-4-7-9-5-2-1-3-6-9;;;/h1-3,5-6,10H,4,7-8H2;;;/q;+2;2*-1. The molecule has 1 rings (SSSR count). The molecular formula is C9H14MgO. The third-order valence-corrected chi connectivity index (χ3v) is 1.47. The van der Waals surface area contributed by atoms with Crippen LogP contribution in [0.15, 0.2) is 30.3 Å². The first-order chi connectivity index (χ1) is 4.93. The Kier molecular flexibility index (Phi) is 6.61. The molecule has 1 aromatic carbocycles. The van der Waals surface area contributed by atoms with Gasteiger partial charge in [0.2, 0.25) is 0 Å². The van der Waals surface area contributed by atoms with E-state index in [0.29, 0.717) is 0 Å². The molecule has 0 saturated carbocycles. The van der Waals surface area contributed by atoms with Gasteiger partial charge in [0.1, 0.15) is 0 Å². The van der Waals surface area contributed by atoms with Crippen molar-refractivity contribution in [2.24, 2.45) is 0 Å². The molecule has 0 bridgehead atoms. The van der Waals surface area contributed by atoms with Crippen LogP contribution in [0.2, 0.25) is 0 Å². The van der Waals surface area contributed by atoms with Crippen LogP contribution in [0.3, 0.4) is 0 Å². The normalized spacial score (nSPS) is 8.82. The largest absolute Gasteiger partial charge is 2.00 e. The average Bonchev–Trinajstić information content (AvgIpc) is 2.03. The van der Waals surface area contributed by atoms with Gasteiger partial charge in [0.05, 0.1) is 0 Å². The maximum Gasteiger partial charge on any atom is 2.00 e. The van der Waals surface area contributed by atoms with Gasteiger partial charge in [-0.2, -0.15) is 0 Å². The van der Waals surface area contributed by atoms with E-state index in [2.05, 4.69) is 12.1 Å². The fraction of sp³-hybridized carbons (Fsp3) is 0.333. The fourth-order valence-electron chi connectivity index (χ4n) is 0.928. The Bertz CT molecular complexity index is 182. The van der Waals surface area contributed by atoms with Crippen LogP contribution in [0.1, 0.15) is 14.8 Å². The molecule has 58 valence electrons. The van der Waals surface area contributed by atoms with Gasteiger partial charge in [-0.3, -0.25) is 0 Å². The van der Waals surface area contributed by atoms with Crippen LogP contribution < -0.4 is 0 Å². The number of aryl methyl sites for hydroxylation is 1. The van der Waals surface area contributed by atoms with Crippen molar-refractivity contribution in [1.82, 2.24) is 0 Å². The summed E-state index contributed by atoms with van der Waals surface area (Å²) in [7, 11) is 0. The number of benzene rings is 1. The summed E-state index contributed by atoms with van der Waals surface area (Å²) in [6.45, 7) is 0.287. The van der Waals surface area contributed by atoms with Crippen LogP contribution in [-0.2, 0) is 6.42 Å². The molecule has 2 heteroatoms. The minimum absolute atomic E-state index is 0. The zero-order valence-corrected chi connectivity index (χ0v) is 8.08. The molecule has 0 aliphatic carbocycles. The maximum atomic E-state index is 8.53. The molecule has 0 heterocycles. The molecule has 0 aliphatic heterocycles. The number of hydrogen-bond donors (Lipinski definition) is 1. The Morgan fingerprint density at radius 1 is 1.18 bits per heavy atom. The Morgan fingerprint density at radius 2 is 1.82 bits per heavy atom. The molecule has 1 N–H and O–H groups in total. The third-order valence-electron chi connectivity index (χ3n) is 1.47. The van der Waals surface area contributed by atoms with Crippen molar-refractivity contribution in [2.45, 2.75) is 12.8 Å². The molecule has 1 nitrogen and oxygen atoms in total. The second kappa shape index (κ2) is 6.64. The van der Waals surface area contributed by atoms with E-state index in [1.54, 1.807) is 0 Å². The van der Waals surface area contributed by atoms with E-state index >= 15 is 0 Å². The van der Waals surface area contributed by atoms with Crippen LogP contribution >= 0.6 is 0 Å². The van der Waals surface area contributed by atoms with Gasteiger partial charge in [0, 0.05) is 6.61 Å². The second-order valence-corrected chi connectivity index (χ2v) is 2.31. The van der Waals surface area contributed by atoms with Crippen LogP contribution in [0.5, 0.6) is 0 Å². The molecule has 0 fully saturated rings. The molecule has 0 spiro atoms. The summed E-state index contributed by atoms with van der Waals surface area (Å²) >= 11 is 0. The van der Waals surface area contributed by atoms with Gasteiger partial charge >= 0.3 is 23.1 Å². The van der Waals surface area contributed by atoms with Crippen molar-refractivity contribution in [3.63, 3.8) is 0 Å². The summed E-state index contributed by atoms with van der Waals surface area (Å²) in [5.74, 6) is 0. The van der Waals surface area contributed by atoms with E-state index in [1.807, 2.05) is 18.2 Å². The van der Waals surface area contributed by atoms with E-state index in [-0.39, 0.29) is 32.5 Å². The average molecular weight is 163 g/mol. The van der Waals surface area contributed by atoms with Crippen molar-refractivity contribution in [3.05, 3.63) is 35.9 Å². The molecule has 0 aromatic heterocycles. The van der Waals surface area contributed by atoms with Crippen LogP contribution in [0.25, 0.3) is 0 Å². The predicted molar refractivity (Wildman–Crippen MR) is 49.8 cm³/mol. The molecule has 0 saturated heterocycles.